The average Bonchev–Trinajstić information content (AvgIpc) is 3.14. The van der Waals surface area contributed by atoms with Crippen molar-refractivity contribution in [3.63, 3.8) is 0 Å². The van der Waals surface area contributed by atoms with Gasteiger partial charge in [-0.1, -0.05) is 17.7 Å². The standard InChI is InChI=1S/C18H15ClN2O6/c1-25-18(24)11-3-4-12(19)13(7-11)21-17(23)16(22)20-8-10-2-5-14-15(6-10)27-9-26-14/h2-7H,8-9H2,1H3,(H,20,22)(H,21,23). The molecule has 1 heterocycles. The first-order valence-corrected chi connectivity index (χ1v) is 8.21. The summed E-state index contributed by atoms with van der Waals surface area (Å²) < 4.78 is 15.1. The van der Waals surface area contributed by atoms with Gasteiger partial charge in [0.2, 0.25) is 6.79 Å². The highest BCUT2D eigenvalue weighted by Gasteiger charge is 2.18. The average molecular weight is 391 g/mol. The van der Waals surface area contributed by atoms with Crippen molar-refractivity contribution >= 4 is 35.1 Å². The van der Waals surface area contributed by atoms with E-state index in [0.717, 1.165) is 5.56 Å². The lowest BCUT2D eigenvalue weighted by molar-refractivity contribution is -0.136. The second-order valence-electron chi connectivity index (χ2n) is 5.51. The summed E-state index contributed by atoms with van der Waals surface area (Å²) in [4.78, 5) is 35.7. The van der Waals surface area contributed by atoms with Gasteiger partial charge in [-0.3, -0.25) is 9.59 Å². The van der Waals surface area contributed by atoms with Gasteiger partial charge in [-0.15, -0.1) is 0 Å². The number of benzene rings is 2. The topological polar surface area (TPSA) is 103 Å². The number of rotatable bonds is 4. The van der Waals surface area contributed by atoms with Gasteiger partial charge in [-0.25, -0.2) is 4.79 Å². The minimum Gasteiger partial charge on any atom is -0.465 e. The zero-order valence-corrected chi connectivity index (χ0v) is 15.0. The van der Waals surface area contributed by atoms with Crippen LogP contribution in [0.4, 0.5) is 5.69 Å². The molecule has 0 atom stereocenters. The number of carbonyl (C=O) groups is 3. The van der Waals surface area contributed by atoms with Gasteiger partial charge in [0.1, 0.15) is 0 Å². The van der Waals surface area contributed by atoms with E-state index >= 15 is 0 Å². The number of amides is 2. The van der Waals surface area contributed by atoms with Gasteiger partial charge in [0.15, 0.2) is 11.5 Å². The van der Waals surface area contributed by atoms with Crippen LogP contribution < -0.4 is 20.1 Å². The Hall–Kier alpha value is -3.26. The summed E-state index contributed by atoms with van der Waals surface area (Å²) in [6.45, 7) is 0.276. The quantitative estimate of drug-likeness (QED) is 0.612. The van der Waals surface area contributed by atoms with E-state index in [-0.39, 0.29) is 29.6 Å². The maximum Gasteiger partial charge on any atom is 0.337 e. The predicted molar refractivity (Wildman–Crippen MR) is 95.8 cm³/mol. The molecule has 1 aliphatic rings. The van der Waals surface area contributed by atoms with Gasteiger partial charge in [0.05, 0.1) is 23.4 Å². The molecule has 1 aliphatic heterocycles. The Labute approximate surface area is 159 Å². The molecule has 0 fully saturated rings. The van der Waals surface area contributed by atoms with Gasteiger partial charge in [0, 0.05) is 6.54 Å². The number of hydrogen-bond acceptors (Lipinski definition) is 6. The van der Waals surface area contributed by atoms with E-state index in [1.807, 2.05) is 0 Å². The molecule has 0 aliphatic carbocycles. The largest absolute Gasteiger partial charge is 0.465 e. The predicted octanol–water partition coefficient (Wildman–Crippen LogP) is 2.11. The summed E-state index contributed by atoms with van der Waals surface area (Å²) in [6, 6.07) is 9.40. The first-order valence-electron chi connectivity index (χ1n) is 7.83. The summed E-state index contributed by atoms with van der Waals surface area (Å²) in [5, 5.41) is 5.05. The molecule has 0 saturated heterocycles. The van der Waals surface area contributed by atoms with Crippen LogP contribution in [0.3, 0.4) is 0 Å². The smallest absolute Gasteiger partial charge is 0.337 e. The Bertz CT molecular complexity index is 915. The van der Waals surface area contributed by atoms with Crippen molar-refractivity contribution in [1.82, 2.24) is 5.32 Å². The van der Waals surface area contributed by atoms with Crippen LogP contribution in [0.1, 0.15) is 15.9 Å². The van der Waals surface area contributed by atoms with Crippen molar-refractivity contribution < 1.29 is 28.6 Å². The van der Waals surface area contributed by atoms with Gasteiger partial charge in [0.25, 0.3) is 0 Å². The molecule has 27 heavy (non-hydrogen) atoms. The number of ether oxygens (including phenoxy) is 3. The first kappa shape index (κ1) is 18.5. The zero-order chi connectivity index (χ0) is 19.4. The molecule has 2 aromatic carbocycles. The third-order valence-electron chi connectivity index (χ3n) is 3.73. The van der Waals surface area contributed by atoms with Crippen LogP contribution in [0.25, 0.3) is 0 Å². The number of halogens is 1. The fraction of sp³-hybridized carbons (Fsp3) is 0.167. The fourth-order valence-corrected chi connectivity index (χ4v) is 2.52. The highest BCUT2D eigenvalue weighted by atomic mass is 35.5. The maximum absolute atomic E-state index is 12.1. The fourth-order valence-electron chi connectivity index (χ4n) is 2.36. The number of fused-ring (bicyclic) bond motifs is 1. The summed E-state index contributed by atoms with van der Waals surface area (Å²) in [5.41, 5.74) is 1.06. The van der Waals surface area contributed by atoms with Crippen molar-refractivity contribution in [2.45, 2.75) is 6.54 Å². The zero-order valence-electron chi connectivity index (χ0n) is 14.2. The number of hydrogen-bond donors (Lipinski definition) is 2. The molecule has 2 amide bonds. The van der Waals surface area contributed by atoms with Crippen molar-refractivity contribution in [3.05, 3.63) is 52.5 Å². The van der Waals surface area contributed by atoms with E-state index in [4.69, 9.17) is 21.1 Å². The number of anilines is 1. The molecule has 8 nitrogen and oxygen atoms in total. The number of nitrogens with one attached hydrogen (secondary N) is 2. The van der Waals surface area contributed by atoms with Gasteiger partial charge in [-0.05, 0) is 35.9 Å². The van der Waals surface area contributed by atoms with Crippen LogP contribution in [0.2, 0.25) is 5.02 Å². The summed E-state index contributed by atoms with van der Waals surface area (Å²) in [7, 11) is 1.23. The third-order valence-corrected chi connectivity index (χ3v) is 4.06. The van der Waals surface area contributed by atoms with Crippen molar-refractivity contribution in [1.29, 1.82) is 0 Å². The molecule has 3 rings (SSSR count). The first-order chi connectivity index (χ1) is 13.0. The summed E-state index contributed by atoms with van der Waals surface area (Å²) >= 11 is 6.00. The molecular formula is C18H15ClN2O6. The van der Waals surface area contributed by atoms with Crippen LogP contribution in [0.5, 0.6) is 11.5 Å². The van der Waals surface area contributed by atoms with Crippen molar-refractivity contribution in [3.8, 4) is 11.5 Å². The molecule has 0 bridgehead atoms. The molecule has 2 N–H and O–H groups in total. The second-order valence-corrected chi connectivity index (χ2v) is 5.92. The lowest BCUT2D eigenvalue weighted by atomic mass is 10.2. The highest BCUT2D eigenvalue weighted by Crippen LogP contribution is 2.32. The Balaban J connectivity index is 1.61. The Morgan fingerprint density at radius 1 is 1.07 bits per heavy atom. The number of esters is 1. The number of methoxy groups -OCH3 is 1. The summed E-state index contributed by atoms with van der Waals surface area (Å²) in [6.07, 6.45) is 0. The molecule has 140 valence electrons. The molecule has 0 spiro atoms. The van der Waals surface area contributed by atoms with Crippen LogP contribution >= 0.6 is 11.6 Å². The van der Waals surface area contributed by atoms with E-state index in [2.05, 4.69) is 15.4 Å². The van der Waals surface area contributed by atoms with Crippen LogP contribution in [-0.2, 0) is 20.9 Å². The lowest BCUT2D eigenvalue weighted by Crippen LogP contribution is -2.35. The number of carbonyl (C=O) groups excluding carboxylic acids is 3. The van der Waals surface area contributed by atoms with Crippen LogP contribution in [-0.4, -0.2) is 31.7 Å². The van der Waals surface area contributed by atoms with E-state index in [0.29, 0.717) is 11.5 Å². The molecule has 0 aromatic heterocycles. The second kappa shape index (κ2) is 7.96. The van der Waals surface area contributed by atoms with Gasteiger partial charge >= 0.3 is 17.8 Å². The SMILES string of the molecule is COC(=O)c1ccc(Cl)c(NC(=O)C(=O)NCc2ccc3c(c2)OCO3)c1. The molecule has 2 aromatic rings. The van der Waals surface area contributed by atoms with Crippen LogP contribution in [0.15, 0.2) is 36.4 Å². The van der Waals surface area contributed by atoms with Crippen molar-refractivity contribution in [2.24, 2.45) is 0 Å². The van der Waals surface area contributed by atoms with Crippen molar-refractivity contribution in [2.75, 3.05) is 19.2 Å². The molecule has 0 radical (unpaired) electrons. The Morgan fingerprint density at radius 3 is 2.63 bits per heavy atom. The maximum atomic E-state index is 12.1. The van der Waals surface area contributed by atoms with Crippen LogP contribution in [0, 0.1) is 0 Å². The Kier molecular flexibility index (Phi) is 5.46. The molecular weight excluding hydrogens is 376 g/mol. The van der Waals surface area contributed by atoms with E-state index < -0.39 is 17.8 Å². The van der Waals surface area contributed by atoms with E-state index in [9.17, 15) is 14.4 Å². The molecule has 9 heteroatoms. The normalized spacial score (nSPS) is 11.6. The van der Waals surface area contributed by atoms with E-state index in [1.54, 1.807) is 18.2 Å². The monoisotopic (exact) mass is 390 g/mol. The lowest BCUT2D eigenvalue weighted by Gasteiger charge is -2.09. The Morgan fingerprint density at radius 2 is 1.85 bits per heavy atom. The minimum atomic E-state index is -0.917. The van der Waals surface area contributed by atoms with Gasteiger partial charge in [-0.2, -0.15) is 0 Å². The molecule has 0 unspecified atom stereocenters. The van der Waals surface area contributed by atoms with Gasteiger partial charge < -0.3 is 24.8 Å². The molecule has 0 saturated carbocycles. The van der Waals surface area contributed by atoms with E-state index in [1.165, 1.54) is 25.3 Å². The summed E-state index contributed by atoms with van der Waals surface area (Å²) in [5.74, 6) is -1.15. The minimum absolute atomic E-state index is 0.124. The third kappa shape index (κ3) is 4.29. The highest BCUT2D eigenvalue weighted by molar-refractivity contribution is 6.41.